The Bertz CT molecular complexity index is 951. The molecule has 0 radical (unpaired) electrons. The maximum absolute atomic E-state index is 13.1. The standard InChI is InChI=1S/C16H16FN3O2S/c1-11-8-13(17)3-5-16(11)23(21,22)20-7-6-12-2-4-14-15(9-12)19-10-18-14/h2-5,8-10,20H,6-7H2,1H3,(H,18,19). The van der Waals surface area contributed by atoms with Gasteiger partial charge < -0.3 is 4.98 Å². The molecule has 0 bridgehead atoms. The van der Waals surface area contributed by atoms with Crippen LogP contribution in [0.2, 0.25) is 0 Å². The molecule has 0 atom stereocenters. The van der Waals surface area contributed by atoms with Crippen LogP contribution in [0.25, 0.3) is 11.0 Å². The lowest BCUT2D eigenvalue weighted by Crippen LogP contribution is -2.26. The summed E-state index contributed by atoms with van der Waals surface area (Å²) in [4.78, 5) is 7.26. The number of nitrogens with one attached hydrogen (secondary N) is 2. The Morgan fingerprint density at radius 2 is 2.04 bits per heavy atom. The largest absolute Gasteiger partial charge is 0.345 e. The van der Waals surface area contributed by atoms with Gasteiger partial charge >= 0.3 is 0 Å². The third kappa shape index (κ3) is 3.40. The van der Waals surface area contributed by atoms with Crippen LogP contribution >= 0.6 is 0 Å². The van der Waals surface area contributed by atoms with E-state index in [9.17, 15) is 12.8 Å². The first-order valence-corrected chi connectivity index (χ1v) is 8.62. The molecule has 3 aromatic rings. The number of hydrogen-bond acceptors (Lipinski definition) is 3. The van der Waals surface area contributed by atoms with Gasteiger partial charge in [0.1, 0.15) is 5.82 Å². The first-order valence-electron chi connectivity index (χ1n) is 7.13. The fraction of sp³-hybridized carbons (Fsp3) is 0.188. The van der Waals surface area contributed by atoms with Gasteiger partial charge in [0.2, 0.25) is 10.0 Å². The van der Waals surface area contributed by atoms with Gasteiger partial charge in [-0.15, -0.1) is 0 Å². The minimum absolute atomic E-state index is 0.0999. The van der Waals surface area contributed by atoms with Crippen LogP contribution in [-0.4, -0.2) is 24.9 Å². The first kappa shape index (κ1) is 15.6. The zero-order chi connectivity index (χ0) is 16.4. The SMILES string of the molecule is Cc1cc(F)ccc1S(=O)(=O)NCCc1ccc2nc[nH]c2c1. The van der Waals surface area contributed by atoms with Gasteiger partial charge in [0.15, 0.2) is 0 Å². The molecule has 0 aliphatic carbocycles. The molecule has 2 aromatic carbocycles. The molecule has 0 unspecified atom stereocenters. The highest BCUT2D eigenvalue weighted by atomic mass is 32.2. The Morgan fingerprint density at radius 3 is 2.83 bits per heavy atom. The Kier molecular flexibility index (Phi) is 4.14. The summed E-state index contributed by atoms with van der Waals surface area (Å²) in [6, 6.07) is 9.39. The van der Waals surface area contributed by atoms with Crippen molar-refractivity contribution in [1.29, 1.82) is 0 Å². The van der Waals surface area contributed by atoms with Gasteiger partial charge in [-0.3, -0.25) is 0 Å². The van der Waals surface area contributed by atoms with Crippen LogP contribution in [0.5, 0.6) is 0 Å². The average molecular weight is 333 g/mol. The van der Waals surface area contributed by atoms with Gasteiger partial charge in [-0.2, -0.15) is 0 Å². The minimum atomic E-state index is -3.65. The van der Waals surface area contributed by atoms with Gasteiger partial charge in [0.25, 0.3) is 0 Å². The van der Waals surface area contributed by atoms with Crippen molar-refractivity contribution in [3.8, 4) is 0 Å². The summed E-state index contributed by atoms with van der Waals surface area (Å²) in [5, 5.41) is 0. The van der Waals surface area contributed by atoms with Gasteiger partial charge in [-0.1, -0.05) is 6.07 Å². The quantitative estimate of drug-likeness (QED) is 0.753. The number of aryl methyl sites for hydroxylation is 1. The third-order valence-corrected chi connectivity index (χ3v) is 5.24. The third-order valence-electron chi connectivity index (χ3n) is 3.62. The van der Waals surface area contributed by atoms with Crippen LogP contribution in [0, 0.1) is 12.7 Å². The number of fused-ring (bicyclic) bond motifs is 1. The zero-order valence-corrected chi connectivity index (χ0v) is 13.3. The number of nitrogens with zero attached hydrogens (tertiary/aromatic N) is 1. The van der Waals surface area contributed by atoms with E-state index in [1.54, 1.807) is 13.3 Å². The molecular weight excluding hydrogens is 317 g/mol. The smallest absolute Gasteiger partial charge is 0.240 e. The van der Waals surface area contributed by atoms with Crippen LogP contribution in [0.1, 0.15) is 11.1 Å². The van der Waals surface area contributed by atoms with Crippen LogP contribution in [-0.2, 0) is 16.4 Å². The maximum atomic E-state index is 13.1. The number of hydrogen-bond donors (Lipinski definition) is 2. The molecule has 5 nitrogen and oxygen atoms in total. The highest BCUT2D eigenvalue weighted by Crippen LogP contribution is 2.16. The van der Waals surface area contributed by atoms with E-state index in [2.05, 4.69) is 14.7 Å². The summed E-state index contributed by atoms with van der Waals surface area (Å²) in [5.74, 6) is -0.450. The minimum Gasteiger partial charge on any atom is -0.345 e. The Morgan fingerprint density at radius 1 is 1.22 bits per heavy atom. The number of sulfonamides is 1. The van der Waals surface area contributed by atoms with E-state index in [1.807, 2.05) is 18.2 Å². The summed E-state index contributed by atoms with van der Waals surface area (Å²) >= 11 is 0. The fourth-order valence-corrected chi connectivity index (χ4v) is 3.72. The lowest BCUT2D eigenvalue weighted by atomic mass is 10.1. The lowest BCUT2D eigenvalue weighted by molar-refractivity contribution is 0.580. The van der Waals surface area contributed by atoms with E-state index in [0.29, 0.717) is 12.0 Å². The summed E-state index contributed by atoms with van der Waals surface area (Å²) < 4.78 is 40.2. The fourth-order valence-electron chi connectivity index (χ4n) is 2.46. The van der Waals surface area contributed by atoms with E-state index in [0.717, 1.165) is 22.7 Å². The zero-order valence-electron chi connectivity index (χ0n) is 12.5. The molecule has 0 saturated heterocycles. The highest BCUT2D eigenvalue weighted by molar-refractivity contribution is 7.89. The first-order chi connectivity index (χ1) is 11.0. The van der Waals surface area contributed by atoms with Crippen molar-refractivity contribution in [2.45, 2.75) is 18.2 Å². The molecule has 3 rings (SSSR count). The lowest BCUT2D eigenvalue weighted by Gasteiger charge is -2.09. The number of aromatic amines is 1. The number of rotatable bonds is 5. The number of H-pyrrole nitrogens is 1. The predicted molar refractivity (Wildman–Crippen MR) is 86.1 cm³/mol. The molecule has 23 heavy (non-hydrogen) atoms. The van der Waals surface area contributed by atoms with Crippen molar-refractivity contribution in [2.75, 3.05) is 6.54 Å². The van der Waals surface area contributed by atoms with Crippen LogP contribution in [0.15, 0.2) is 47.6 Å². The predicted octanol–water partition coefficient (Wildman–Crippen LogP) is 2.53. The van der Waals surface area contributed by atoms with E-state index >= 15 is 0 Å². The van der Waals surface area contributed by atoms with Gasteiger partial charge in [0.05, 0.1) is 22.3 Å². The molecule has 0 fully saturated rings. The second-order valence-corrected chi connectivity index (χ2v) is 7.05. The van der Waals surface area contributed by atoms with Crippen LogP contribution in [0.4, 0.5) is 4.39 Å². The second kappa shape index (κ2) is 6.10. The molecule has 1 heterocycles. The van der Waals surface area contributed by atoms with Crippen molar-refractivity contribution in [2.24, 2.45) is 0 Å². The maximum Gasteiger partial charge on any atom is 0.240 e. The van der Waals surface area contributed by atoms with E-state index in [-0.39, 0.29) is 11.4 Å². The van der Waals surface area contributed by atoms with Gasteiger partial charge in [-0.05, 0) is 54.8 Å². The Balaban J connectivity index is 1.69. The highest BCUT2D eigenvalue weighted by Gasteiger charge is 2.16. The molecule has 120 valence electrons. The molecule has 2 N–H and O–H groups in total. The van der Waals surface area contributed by atoms with Crippen molar-refractivity contribution in [3.63, 3.8) is 0 Å². The van der Waals surface area contributed by atoms with Gasteiger partial charge in [0, 0.05) is 6.54 Å². The van der Waals surface area contributed by atoms with Crippen molar-refractivity contribution in [3.05, 3.63) is 59.7 Å². The summed E-state index contributed by atoms with van der Waals surface area (Å²) in [5.41, 5.74) is 3.17. The average Bonchev–Trinajstić information content (AvgIpc) is 2.94. The monoisotopic (exact) mass is 333 g/mol. The number of imidazole rings is 1. The molecule has 1 aromatic heterocycles. The molecule has 0 amide bonds. The van der Waals surface area contributed by atoms with Crippen molar-refractivity contribution in [1.82, 2.24) is 14.7 Å². The normalized spacial score (nSPS) is 11.9. The van der Waals surface area contributed by atoms with Crippen molar-refractivity contribution >= 4 is 21.1 Å². The number of halogens is 1. The Hall–Kier alpha value is -2.25. The molecule has 0 aliphatic rings. The Labute approximate surface area is 133 Å². The van der Waals surface area contributed by atoms with E-state index in [1.165, 1.54) is 12.1 Å². The summed E-state index contributed by atoms with van der Waals surface area (Å²) in [6.07, 6.45) is 2.17. The van der Waals surface area contributed by atoms with Crippen molar-refractivity contribution < 1.29 is 12.8 Å². The molecule has 0 saturated carbocycles. The van der Waals surface area contributed by atoms with E-state index < -0.39 is 15.8 Å². The van der Waals surface area contributed by atoms with Crippen LogP contribution in [0.3, 0.4) is 0 Å². The molecule has 7 heteroatoms. The second-order valence-electron chi connectivity index (χ2n) is 5.31. The number of benzene rings is 2. The topological polar surface area (TPSA) is 74.8 Å². The molecule has 0 aliphatic heterocycles. The summed E-state index contributed by atoms with van der Waals surface area (Å²) in [6.45, 7) is 1.84. The molecular formula is C16H16FN3O2S. The number of aromatic nitrogens is 2. The van der Waals surface area contributed by atoms with Crippen LogP contribution < -0.4 is 4.72 Å². The van der Waals surface area contributed by atoms with E-state index in [4.69, 9.17) is 0 Å². The molecule has 0 spiro atoms. The van der Waals surface area contributed by atoms with Gasteiger partial charge in [-0.25, -0.2) is 22.5 Å². The summed E-state index contributed by atoms with van der Waals surface area (Å²) in [7, 11) is -3.65.